The highest BCUT2D eigenvalue weighted by molar-refractivity contribution is 5.88. The number of aromatic nitrogens is 2. The average molecular weight is 323 g/mol. The number of hydrogen-bond donors (Lipinski definition) is 1. The van der Waals surface area contributed by atoms with Crippen LogP contribution in [0.5, 0.6) is 11.5 Å². The summed E-state index contributed by atoms with van der Waals surface area (Å²) in [6.07, 6.45) is 1.74. The molecule has 0 atom stereocenters. The van der Waals surface area contributed by atoms with Crippen LogP contribution in [-0.2, 0) is 0 Å². The summed E-state index contributed by atoms with van der Waals surface area (Å²) in [5, 5.41) is 4.30. The van der Waals surface area contributed by atoms with Crippen molar-refractivity contribution in [3.8, 4) is 11.5 Å². The van der Waals surface area contributed by atoms with Crippen LogP contribution in [0.4, 0.5) is 5.82 Å². The molecule has 2 aromatic carbocycles. The maximum Gasteiger partial charge on any atom is 0.137 e. The number of para-hydroxylation sites is 1. The topological polar surface area (TPSA) is 56.3 Å². The Hall–Kier alpha value is -2.82. The van der Waals surface area contributed by atoms with Crippen molar-refractivity contribution in [1.82, 2.24) is 9.97 Å². The van der Waals surface area contributed by atoms with E-state index in [1.807, 2.05) is 62.4 Å². The van der Waals surface area contributed by atoms with Crippen molar-refractivity contribution < 1.29 is 9.47 Å². The lowest BCUT2D eigenvalue weighted by Crippen LogP contribution is -2.12. The van der Waals surface area contributed by atoms with Crippen LogP contribution >= 0.6 is 0 Å². The van der Waals surface area contributed by atoms with Crippen molar-refractivity contribution in [2.45, 2.75) is 20.0 Å². The standard InChI is InChI=1S/C19H21N3O2/c1-14(2)24-16-9-7-15(8-10-16)23-12-11-20-19-17-5-3-4-6-18(17)21-13-22-19/h3-10,13-14H,11-12H2,1-2H3,(H,20,21,22). The van der Waals surface area contributed by atoms with E-state index in [0.717, 1.165) is 28.2 Å². The van der Waals surface area contributed by atoms with E-state index in [4.69, 9.17) is 9.47 Å². The van der Waals surface area contributed by atoms with Crippen LogP contribution in [0.15, 0.2) is 54.9 Å². The molecule has 0 fully saturated rings. The molecule has 0 amide bonds. The molecule has 0 bridgehead atoms. The minimum atomic E-state index is 0.170. The molecule has 0 saturated heterocycles. The quantitative estimate of drug-likeness (QED) is 0.668. The molecule has 3 rings (SSSR count). The molecule has 0 radical (unpaired) electrons. The number of benzene rings is 2. The summed E-state index contributed by atoms with van der Waals surface area (Å²) in [5.74, 6) is 2.49. The lowest BCUT2D eigenvalue weighted by Gasteiger charge is -2.11. The van der Waals surface area contributed by atoms with Crippen LogP contribution < -0.4 is 14.8 Å². The van der Waals surface area contributed by atoms with Gasteiger partial charge in [-0.2, -0.15) is 0 Å². The Morgan fingerprint density at radius 1 is 0.958 bits per heavy atom. The van der Waals surface area contributed by atoms with Gasteiger partial charge in [0.25, 0.3) is 0 Å². The smallest absolute Gasteiger partial charge is 0.137 e. The first-order valence-electron chi connectivity index (χ1n) is 8.05. The molecule has 1 N–H and O–H groups in total. The van der Waals surface area contributed by atoms with E-state index in [-0.39, 0.29) is 6.10 Å². The Morgan fingerprint density at radius 2 is 1.71 bits per heavy atom. The van der Waals surface area contributed by atoms with E-state index < -0.39 is 0 Å². The fourth-order valence-corrected chi connectivity index (χ4v) is 2.37. The van der Waals surface area contributed by atoms with Gasteiger partial charge in [-0.3, -0.25) is 0 Å². The molecule has 3 aromatic rings. The van der Waals surface area contributed by atoms with Crippen molar-refractivity contribution in [1.29, 1.82) is 0 Å². The second-order valence-corrected chi connectivity index (χ2v) is 5.65. The summed E-state index contributed by atoms with van der Waals surface area (Å²) >= 11 is 0. The number of anilines is 1. The summed E-state index contributed by atoms with van der Waals surface area (Å²) in [7, 11) is 0. The van der Waals surface area contributed by atoms with Crippen LogP contribution in [0.2, 0.25) is 0 Å². The zero-order valence-electron chi connectivity index (χ0n) is 13.9. The molecular formula is C19H21N3O2. The van der Waals surface area contributed by atoms with Crippen LogP contribution in [0.3, 0.4) is 0 Å². The largest absolute Gasteiger partial charge is 0.492 e. The van der Waals surface area contributed by atoms with Crippen LogP contribution in [0.1, 0.15) is 13.8 Å². The van der Waals surface area contributed by atoms with E-state index >= 15 is 0 Å². The summed E-state index contributed by atoms with van der Waals surface area (Å²) in [6.45, 7) is 5.22. The normalized spacial score (nSPS) is 10.8. The van der Waals surface area contributed by atoms with E-state index in [1.165, 1.54) is 0 Å². The Morgan fingerprint density at radius 3 is 2.50 bits per heavy atom. The molecule has 5 nitrogen and oxygen atoms in total. The third-order valence-electron chi connectivity index (χ3n) is 3.40. The van der Waals surface area contributed by atoms with Gasteiger partial charge in [0.1, 0.15) is 30.3 Å². The Kier molecular flexibility index (Phi) is 5.11. The predicted molar refractivity (Wildman–Crippen MR) is 95.7 cm³/mol. The molecule has 0 unspecified atom stereocenters. The Bertz CT molecular complexity index is 783. The number of nitrogens with one attached hydrogen (secondary N) is 1. The number of hydrogen-bond acceptors (Lipinski definition) is 5. The molecular weight excluding hydrogens is 302 g/mol. The monoisotopic (exact) mass is 323 g/mol. The van der Waals surface area contributed by atoms with Gasteiger partial charge in [-0.25, -0.2) is 9.97 Å². The van der Waals surface area contributed by atoms with Gasteiger partial charge in [0.2, 0.25) is 0 Å². The van der Waals surface area contributed by atoms with Gasteiger partial charge >= 0.3 is 0 Å². The SMILES string of the molecule is CC(C)Oc1ccc(OCCNc2ncnc3ccccc23)cc1. The summed E-state index contributed by atoms with van der Waals surface area (Å²) in [5.41, 5.74) is 0.927. The molecule has 124 valence electrons. The van der Waals surface area contributed by atoms with E-state index in [0.29, 0.717) is 13.2 Å². The molecule has 0 spiro atoms. The predicted octanol–water partition coefficient (Wildman–Crippen LogP) is 3.91. The number of ether oxygens (including phenoxy) is 2. The van der Waals surface area contributed by atoms with Gasteiger partial charge in [-0.1, -0.05) is 12.1 Å². The summed E-state index contributed by atoms with van der Waals surface area (Å²) < 4.78 is 11.3. The van der Waals surface area contributed by atoms with Crippen molar-refractivity contribution in [3.63, 3.8) is 0 Å². The minimum Gasteiger partial charge on any atom is -0.492 e. The van der Waals surface area contributed by atoms with Crippen LogP contribution in [0.25, 0.3) is 10.9 Å². The number of rotatable bonds is 7. The molecule has 5 heteroatoms. The first-order chi connectivity index (χ1) is 11.7. The summed E-state index contributed by atoms with van der Waals surface area (Å²) in [6, 6.07) is 15.6. The highest BCUT2D eigenvalue weighted by atomic mass is 16.5. The Labute approximate surface area is 141 Å². The zero-order valence-corrected chi connectivity index (χ0v) is 13.9. The lowest BCUT2D eigenvalue weighted by molar-refractivity contribution is 0.242. The van der Waals surface area contributed by atoms with Gasteiger partial charge in [-0.05, 0) is 50.2 Å². The fraction of sp³-hybridized carbons (Fsp3) is 0.263. The van der Waals surface area contributed by atoms with Crippen molar-refractivity contribution in [2.24, 2.45) is 0 Å². The van der Waals surface area contributed by atoms with Crippen molar-refractivity contribution in [3.05, 3.63) is 54.9 Å². The fourth-order valence-electron chi connectivity index (χ4n) is 2.37. The first kappa shape index (κ1) is 16.1. The third kappa shape index (κ3) is 4.13. The van der Waals surface area contributed by atoms with Crippen LogP contribution in [0, 0.1) is 0 Å². The molecule has 24 heavy (non-hydrogen) atoms. The van der Waals surface area contributed by atoms with Gasteiger partial charge in [0.05, 0.1) is 18.2 Å². The van der Waals surface area contributed by atoms with E-state index in [9.17, 15) is 0 Å². The van der Waals surface area contributed by atoms with Gasteiger partial charge in [-0.15, -0.1) is 0 Å². The maximum atomic E-state index is 5.74. The minimum absolute atomic E-state index is 0.170. The molecule has 0 saturated carbocycles. The molecule has 0 aliphatic heterocycles. The van der Waals surface area contributed by atoms with Gasteiger partial charge in [0.15, 0.2) is 0 Å². The van der Waals surface area contributed by atoms with Crippen molar-refractivity contribution in [2.75, 3.05) is 18.5 Å². The third-order valence-corrected chi connectivity index (χ3v) is 3.40. The highest BCUT2D eigenvalue weighted by Crippen LogP contribution is 2.19. The lowest BCUT2D eigenvalue weighted by atomic mass is 10.2. The molecule has 1 aromatic heterocycles. The molecule has 0 aliphatic rings. The number of fused-ring (bicyclic) bond motifs is 1. The van der Waals surface area contributed by atoms with E-state index in [1.54, 1.807) is 6.33 Å². The van der Waals surface area contributed by atoms with Crippen molar-refractivity contribution >= 4 is 16.7 Å². The first-order valence-corrected chi connectivity index (χ1v) is 8.05. The summed E-state index contributed by atoms with van der Waals surface area (Å²) in [4.78, 5) is 8.55. The van der Waals surface area contributed by atoms with Gasteiger partial charge < -0.3 is 14.8 Å². The molecule has 1 heterocycles. The average Bonchev–Trinajstić information content (AvgIpc) is 2.60. The number of nitrogens with zero attached hydrogens (tertiary/aromatic N) is 2. The second-order valence-electron chi connectivity index (χ2n) is 5.65. The Balaban J connectivity index is 1.51. The van der Waals surface area contributed by atoms with Gasteiger partial charge in [0, 0.05) is 5.39 Å². The van der Waals surface area contributed by atoms with E-state index in [2.05, 4.69) is 15.3 Å². The highest BCUT2D eigenvalue weighted by Gasteiger charge is 2.02. The molecule has 0 aliphatic carbocycles. The zero-order chi connectivity index (χ0) is 16.8. The second kappa shape index (κ2) is 7.64. The van der Waals surface area contributed by atoms with Crippen LogP contribution in [-0.4, -0.2) is 29.2 Å². The maximum absolute atomic E-state index is 5.74.